The van der Waals surface area contributed by atoms with Gasteiger partial charge in [0.1, 0.15) is 0 Å². The van der Waals surface area contributed by atoms with Crippen LogP contribution in [0, 0.1) is 5.82 Å². The van der Waals surface area contributed by atoms with Crippen LogP contribution in [0.3, 0.4) is 0 Å². The van der Waals surface area contributed by atoms with E-state index >= 15 is 0 Å². The number of benzene rings is 1. The smallest absolute Gasteiger partial charge is 0.432 e. The third kappa shape index (κ3) is 2.78. The lowest BCUT2D eigenvalue weighted by Crippen LogP contribution is -2.41. The van der Waals surface area contributed by atoms with Crippen molar-refractivity contribution in [3.05, 3.63) is 24.0 Å². The first kappa shape index (κ1) is 15.2. The zero-order chi connectivity index (χ0) is 15.1. The third-order valence-corrected chi connectivity index (χ3v) is 3.70. The van der Waals surface area contributed by atoms with E-state index in [1.807, 2.05) is 27.7 Å². The molecule has 0 unspecified atom stereocenters. The van der Waals surface area contributed by atoms with Crippen LogP contribution in [0.15, 0.2) is 18.2 Å². The highest BCUT2D eigenvalue weighted by Crippen LogP contribution is 2.36. The van der Waals surface area contributed by atoms with E-state index in [0.29, 0.717) is 5.46 Å². The lowest BCUT2D eigenvalue weighted by molar-refractivity contribution is -0.0521. The van der Waals surface area contributed by atoms with Gasteiger partial charge in [-0.2, -0.15) is 8.78 Å². The number of ether oxygens (including phenoxy) is 1. The molecule has 0 spiro atoms. The first-order valence-corrected chi connectivity index (χ1v) is 6.22. The molecule has 1 aliphatic heterocycles. The van der Waals surface area contributed by atoms with Gasteiger partial charge in [-0.25, -0.2) is 4.39 Å². The number of hydrogen-bond donors (Lipinski definition) is 0. The van der Waals surface area contributed by atoms with Gasteiger partial charge in [0.15, 0.2) is 11.6 Å². The molecule has 0 aliphatic carbocycles. The molecule has 1 saturated heterocycles. The highest BCUT2D eigenvalue weighted by molar-refractivity contribution is 6.62. The molecule has 0 saturated carbocycles. The molecule has 20 heavy (non-hydrogen) atoms. The standard InChI is InChI=1S/C13H16BF3O3/c1-12(2)13(3,4)20-14(19-12)8-5-6-10(9(15)7-8)18-11(16)17/h5-7,11H,1-4H3. The van der Waals surface area contributed by atoms with E-state index < -0.39 is 36.5 Å². The first-order valence-electron chi connectivity index (χ1n) is 6.22. The first-order chi connectivity index (χ1) is 9.12. The van der Waals surface area contributed by atoms with Crippen molar-refractivity contribution in [2.45, 2.75) is 45.5 Å². The maximum Gasteiger partial charge on any atom is 0.494 e. The Morgan fingerprint density at radius 1 is 1.10 bits per heavy atom. The van der Waals surface area contributed by atoms with Crippen LogP contribution in [0.1, 0.15) is 27.7 Å². The Morgan fingerprint density at radius 2 is 1.65 bits per heavy atom. The van der Waals surface area contributed by atoms with Gasteiger partial charge in [0.2, 0.25) is 0 Å². The summed E-state index contributed by atoms with van der Waals surface area (Å²) < 4.78 is 53.4. The van der Waals surface area contributed by atoms with Crippen LogP contribution in [-0.2, 0) is 9.31 Å². The number of rotatable bonds is 3. The average Bonchev–Trinajstić information content (AvgIpc) is 2.50. The van der Waals surface area contributed by atoms with Crippen LogP contribution in [-0.4, -0.2) is 24.9 Å². The van der Waals surface area contributed by atoms with Crippen molar-refractivity contribution >= 4 is 12.6 Å². The molecular weight excluding hydrogens is 272 g/mol. The Balaban J connectivity index is 2.22. The van der Waals surface area contributed by atoms with Gasteiger partial charge in [0.25, 0.3) is 0 Å². The van der Waals surface area contributed by atoms with Gasteiger partial charge < -0.3 is 14.0 Å². The Kier molecular flexibility index (Phi) is 3.77. The molecule has 110 valence electrons. The van der Waals surface area contributed by atoms with Crippen LogP contribution in [0.4, 0.5) is 13.2 Å². The molecule has 0 atom stereocenters. The van der Waals surface area contributed by atoms with E-state index in [1.54, 1.807) is 0 Å². The van der Waals surface area contributed by atoms with E-state index in [2.05, 4.69) is 4.74 Å². The average molecular weight is 288 g/mol. The molecule has 0 radical (unpaired) electrons. The monoisotopic (exact) mass is 288 g/mol. The summed E-state index contributed by atoms with van der Waals surface area (Å²) in [5, 5.41) is 0. The Bertz CT molecular complexity index is 490. The van der Waals surface area contributed by atoms with E-state index in [1.165, 1.54) is 6.07 Å². The van der Waals surface area contributed by atoms with Gasteiger partial charge in [0.05, 0.1) is 11.2 Å². The van der Waals surface area contributed by atoms with Gasteiger partial charge in [-0.1, -0.05) is 6.07 Å². The molecular formula is C13H16BF3O3. The van der Waals surface area contributed by atoms with E-state index in [0.717, 1.165) is 12.1 Å². The van der Waals surface area contributed by atoms with Crippen molar-refractivity contribution in [1.82, 2.24) is 0 Å². The van der Waals surface area contributed by atoms with Gasteiger partial charge >= 0.3 is 13.7 Å². The highest BCUT2D eigenvalue weighted by Gasteiger charge is 2.51. The van der Waals surface area contributed by atoms with Crippen LogP contribution in [0.2, 0.25) is 0 Å². The molecule has 1 aromatic rings. The van der Waals surface area contributed by atoms with Crippen molar-refractivity contribution in [3.63, 3.8) is 0 Å². The summed E-state index contributed by atoms with van der Waals surface area (Å²) in [5.41, 5.74) is -0.679. The fraction of sp³-hybridized carbons (Fsp3) is 0.538. The van der Waals surface area contributed by atoms with Crippen LogP contribution < -0.4 is 10.2 Å². The van der Waals surface area contributed by atoms with E-state index in [4.69, 9.17) is 9.31 Å². The summed E-state index contributed by atoms with van der Waals surface area (Å²) in [5.74, 6) is -1.38. The van der Waals surface area contributed by atoms with Crippen molar-refractivity contribution < 1.29 is 27.2 Å². The second kappa shape index (κ2) is 4.97. The quantitative estimate of drug-likeness (QED) is 0.800. The summed E-state index contributed by atoms with van der Waals surface area (Å²) in [6.07, 6.45) is 0. The molecule has 2 rings (SSSR count). The zero-order valence-corrected chi connectivity index (χ0v) is 11.7. The lowest BCUT2D eigenvalue weighted by Gasteiger charge is -2.32. The predicted octanol–water partition coefficient (Wildman–Crippen LogP) is 2.73. The molecule has 0 aromatic heterocycles. The minimum atomic E-state index is -3.06. The second-order valence-electron chi connectivity index (χ2n) is 5.66. The third-order valence-electron chi connectivity index (χ3n) is 3.70. The van der Waals surface area contributed by atoms with Crippen molar-refractivity contribution in [2.75, 3.05) is 0 Å². The van der Waals surface area contributed by atoms with Gasteiger partial charge in [-0.15, -0.1) is 0 Å². The Hall–Kier alpha value is -1.21. The molecule has 3 nitrogen and oxygen atoms in total. The second-order valence-corrected chi connectivity index (χ2v) is 5.66. The van der Waals surface area contributed by atoms with Crippen LogP contribution in [0.5, 0.6) is 5.75 Å². The number of halogens is 3. The van der Waals surface area contributed by atoms with E-state index in [9.17, 15) is 13.2 Å². The maximum atomic E-state index is 13.7. The molecule has 0 bridgehead atoms. The normalized spacial score (nSPS) is 20.5. The summed E-state index contributed by atoms with van der Waals surface area (Å²) in [6, 6.07) is 3.67. The van der Waals surface area contributed by atoms with Crippen LogP contribution >= 0.6 is 0 Å². The summed E-state index contributed by atoms with van der Waals surface area (Å²) in [4.78, 5) is 0. The topological polar surface area (TPSA) is 27.7 Å². The summed E-state index contributed by atoms with van der Waals surface area (Å²) in [6.45, 7) is 4.43. The number of alkyl halides is 2. The molecule has 0 N–H and O–H groups in total. The van der Waals surface area contributed by atoms with Crippen LogP contribution in [0.25, 0.3) is 0 Å². The van der Waals surface area contributed by atoms with Crippen molar-refractivity contribution in [3.8, 4) is 5.75 Å². The molecule has 1 fully saturated rings. The Labute approximate surface area is 116 Å². The van der Waals surface area contributed by atoms with Gasteiger partial charge in [0, 0.05) is 0 Å². The minimum absolute atomic E-state index is 0.419. The summed E-state index contributed by atoms with van der Waals surface area (Å²) in [7, 11) is -0.741. The minimum Gasteiger partial charge on any atom is -0.432 e. The molecule has 1 aliphatic rings. The molecule has 7 heteroatoms. The largest absolute Gasteiger partial charge is 0.494 e. The molecule has 0 amide bonds. The van der Waals surface area contributed by atoms with Crippen molar-refractivity contribution in [1.29, 1.82) is 0 Å². The maximum absolute atomic E-state index is 13.7. The predicted molar refractivity (Wildman–Crippen MR) is 68.7 cm³/mol. The highest BCUT2D eigenvalue weighted by atomic mass is 19.3. The fourth-order valence-corrected chi connectivity index (χ4v) is 1.83. The SMILES string of the molecule is CC1(C)OB(c2ccc(OC(F)F)c(F)c2)OC1(C)C. The lowest BCUT2D eigenvalue weighted by atomic mass is 9.79. The zero-order valence-electron chi connectivity index (χ0n) is 11.7. The van der Waals surface area contributed by atoms with Crippen molar-refractivity contribution in [2.24, 2.45) is 0 Å². The molecule has 1 aromatic carbocycles. The van der Waals surface area contributed by atoms with E-state index in [-0.39, 0.29) is 0 Å². The summed E-state index contributed by atoms with van der Waals surface area (Å²) >= 11 is 0. The number of hydrogen-bond acceptors (Lipinski definition) is 3. The fourth-order valence-electron chi connectivity index (χ4n) is 1.83. The van der Waals surface area contributed by atoms with Gasteiger partial charge in [-0.05, 0) is 45.3 Å². The molecule has 1 heterocycles. The van der Waals surface area contributed by atoms with Gasteiger partial charge in [-0.3, -0.25) is 0 Å². The Morgan fingerprint density at radius 3 is 2.10 bits per heavy atom.